The van der Waals surface area contributed by atoms with Crippen molar-refractivity contribution in [3.05, 3.63) is 41.6 Å². The van der Waals surface area contributed by atoms with Gasteiger partial charge in [-0.3, -0.25) is 0 Å². The molecule has 0 radical (unpaired) electrons. The molecule has 1 aromatic carbocycles. The van der Waals surface area contributed by atoms with E-state index in [0.717, 1.165) is 17.5 Å². The first-order chi connectivity index (χ1) is 7.81. The monoisotopic (exact) mass is 220 g/mol. The molecule has 1 aromatic rings. The zero-order valence-corrected chi connectivity index (χ0v) is 9.23. The normalized spacial score (nSPS) is 11.0. The quantitative estimate of drug-likeness (QED) is 0.633. The lowest BCUT2D eigenvalue weighted by Gasteiger charge is -2.11. The van der Waals surface area contributed by atoms with E-state index in [-0.39, 0.29) is 6.61 Å². The maximum Gasteiger partial charge on any atom is 0.123 e. The summed E-state index contributed by atoms with van der Waals surface area (Å²) in [6, 6.07) is 7.67. The minimum atomic E-state index is -0.107. The average molecular weight is 220 g/mol. The van der Waals surface area contributed by atoms with E-state index in [1.54, 1.807) is 7.11 Å². The highest BCUT2D eigenvalue weighted by Gasteiger charge is 2.01. The summed E-state index contributed by atoms with van der Waals surface area (Å²) in [6.45, 7) is 0.453. The van der Waals surface area contributed by atoms with Crippen LogP contribution in [0.5, 0.6) is 5.75 Å². The molecule has 0 spiro atoms. The number of aliphatic hydroxyl groups excluding tert-OH is 1. The maximum absolute atomic E-state index is 9.00. The van der Waals surface area contributed by atoms with E-state index >= 15 is 0 Å². The number of benzene rings is 1. The lowest BCUT2D eigenvalue weighted by molar-refractivity contribution is 0.321. The Morgan fingerprint density at radius 1 is 1.50 bits per heavy atom. The number of hydrogen-bond donors (Lipinski definition) is 3. The number of aliphatic hydroxyl groups is 1. The summed E-state index contributed by atoms with van der Waals surface area (Å²) in [4.78, 5) is 0. The van der Waals surface area contributed by atoms with Gasteiger partial charge in [0.15, 0.2) is 0 Å². The third-order valence-corrected chi connectivity index (χ3v) is 2.15. The Morgan fingerprint density at radius 2 is 2.25 bits per heavy atom. The van der Waals surface area contributed by atoms with Crippen molar-refractivity contribution in [1.29, 1.82) is 5.41 Å². The van der Waals surface area contributed by atoms with Gasteiger partial charge in [0.25, 0.3) is 0 Å². The SMILES string of the molecule is COc1ccccc1CN/C(=C\C=N)CO. The van der Waals surface area contributed by atoms with Gasteiger partial charge in [-0.05, 0) is 12.1 Å². The number of methoxy groups -OCH3 is 1. The second kappa shape index (κ2) is 6.63. The van der Waals surface area contributed by atoms with Crippen LogP contribution in [0.4, 0.5) is 0 Å². The fraction of sp³-hybridized carbons (Fsp3) is 0.250. The number of allylic oxidation sites excluding steroid dienone is 1. The predicted molar refractivity (Wildman–Crippen MR) is 63.8 cm³/mol. The molecule has 0 atom stereocenters. The Balaban J connectivity index is 2.66. The molecule has 4 nitrogen and oxygen atoms in total. The van der Waals surface area contributed by atoms with Crippen molar-refractivity contribution < 1.29 is 9.84 Å². The van der Waals surface area contributed by atoms with Crippen molar-refractivity contribution in [2.75, 3.05) is 13.7 Å². The van der Waals surface area contributed by atoms with Gasteiger partial charge < -0.3 is 20.6 Å². The molecule has 0 aliphatic carbocycles. The molecule has 3 N–H and O–H groups in total. The van der Waals surface area contributed by atoms with E-state index < -0.39 is 0 Å². The summed E-state index contributed by atoms with van der Waals surface area (Å²) in [5.41, 5.74) is 1.62. The summed E-state index contributed by atoms with van der Waals surface area (Å²) < 4.78 is 5.20. The Labute approximate surface area is 95.1 Å². The van der Waals surface area contributed by atoms with Gasteiger partial charge in [-0.15, -0.1) is 0 Å². The molecule has 0 aliphatic rings. The van der Waals surface area contributed by atoms with E-state index in [1.165, 1.54) is 6.08 Å². The van der Waals surface area contributed by atoms with Crippen LogP contribution in [-0.4, -0.2) is 25.0 Å². The summed E-state index contributed by atoms with van der Waals surface area (Å²) in [5.74, 6) is 0.808. The molecule has 0 unspecified atom stereocenters. The van der Waals surface area contributed by atoms with E-state index in [0.29, 0.717) is 12.2 Å². The van der Waals surface area contributed by atoms with Crippen LogP contribution in [0.3, 0.4) is 0 Å². The number of ether oxygens (including phenoxy) is 1. The number of para-hydroxylation sites is 1. The Kier molecular flexibility index (Phi) is 5.08. The first-order valence-corrected chi connectivity index (χ1v) is 4.98. The number of nitrogens with one attached hydrogen (secondary N) is 2. The van der Waals surface area contributed by atoms with Gasteiger partial charge in [-0.25, -0.2) is 0 Å². The Morgan fingerprint density at radius 3 is 2.88 bits per heavy atom. The first-order valence-electron chi connectivity index (χ1n) is 4.98. The van der Waals surface area contributed by atoms with Crippen LogP contribution in [0.15, 0.2) is 36.0 Å². The van der Waals surface area contributed by atoms with Gasteiger partial charge in [-0.2, -0.15) is 0 Å². The summed E-state index contributed by atoms with van der Waals surface area (Å²) in [7, 11) is 1.62. The number of rotatable bonds is 6. The van der Waals surface area contributed by atoms with Crippen molar-refractivity contribution in [3.63, 3.8) is 0 Å². The third kappa shape index (κ3) is 3.40. The van der Waals surface area contributed by atoms with Crippen molar-refractivity contribution in [3.8, 4) is 5.75 Å². The van der Waals surface area contributed by atoms with Crippen LogP contribution < -0.4 is 10.1 Å². The number of hydrogen-bond acceptors (Lipinski definition) is 4. The highest BCUT2D eigenvalue weighted by atomic mass is 16.5. The zero-order chi connectivity index (χ0) is 11.8. The molecule has 0 saturated carbocycles. The molecule has 1 rings (SSSR count). The molecule has 0 amide bonds. The standard InChI is InChI=1S/C12H16N2O2/c1-16-12-5-3-2-4-10(12)8-14-11(9-15)6-7-13/h2-7,13-15H,8-9H2,1H3/b11-6-,13-7?. The minimum absolute atomic E-state index is 0.107. The molecule has 4 heteroatoms. The molecule has 0 heterocycles. The Hall–Kier alpha value is -1.81. The molecule has 0 aromatic heterocycles. The Bertz CT molecular complexity index is 375. The van der Waals surface area contributed by atoms with Gasteiger partial charge in [0.2, 0.25) is 0 Å². The van der Waals surface area contributed by atoms with Crippen molar-refractivity contribution >= 4 is 6.21 Å². The van der Waals surface area contributed by atoms with Crippen LogP contribution in [0, 0.1) is 5.41 Å². The van der Waals surface area contributed by atoms with Gasteiger partial charge >= 0.3 is 0 Å². The largest absolute Gasteiger partial charge is 0.496 e. The van der Waals surface area contributed by atoms with E-state index in [2.05, 4.69) is 5.32 Å². The zero-order valence-electron chi connectivity index (χ0n) is 9.23. The third-order valence-electron chi connectivity index (χ3n) is 2.15. The lowest BCUT2D eigenvalue weighted by Crippen LogP contribution is -2.16. The average Bonchev–Trinajstić information content (AvgIpc) is 2.34. The lowest BCUT2D eigenvalue weighted by atomic mass is 10.2. The fourth-order valence-electron chi connectivity index (χ4n) is 1.33. The first kappa shape index (κ1) is 12.3. The second-order valence-corrected chi connectivity index (χ2v) is 3.18. The van der Waals surface area contributed by atoms with Gasteiger partial charge in [-0.1, -0.05) is 18.2 Å². The summed E-state index contributed by atoms with van der Waals surface area (Å²) >= 11 is 0. The summed E-state index contributed by atoms with van der Waals surface area (Å²) in [5, 5.41) is 19.0. The van der Waals surface area contributed by atoms with Crippen LogP contribution in [0.25, 0.3) is 0 Å². The van der Waals surface area contributed by atoms with Crippen molar-refractivity contribution in [2.45, 2.75) is 6.54 Å². The van der Waals surface area contributed by atoms with E-state index in [1.807, 2.05) is 24.3 Å². The van der Waals surface area contributed by atoms with E-state index in [4.69, 9.17) is 15.3 Å². The molecule has 0 bridgehead atoms. The molecule has 0 aliphatic heterocycles. The molecule has 86 valence electrons. The minimum Gasteiger partial charge on any atom is -0.496 e. The maximum atomic E-state index is 9.00. The second-order valence-electron chi connectivity index (χ2n) is 3.18. The van der Waals surface area contributed by atoms with Crippen LogP contribution >= 0.6 is 0 Å². The van der Waals surface area contributed by atoms with Crippen molar-refractivity contribution in [1.82, 2.24) is 5.32 Å². The van der Waals surface area contributed by atoms with E-state index in [9.17, 15) is 0 Å². The molecule has 0 saturated heterocycles. The highest BCUT2D eigenvalue weighted by molar-refractivity contribution is 5.68. The topological polar surface area (TPSA) is 65.3 Å². The summed E-state index contributed by atoms with van der Waals surface area (Å²) in [6.07, 6.45) is 2.66. The van der Waals surface area contributed by atoms with Crippen molar-refractivity contribution in [2.24, 2.45) is 0 Å². The van der Waals surface area contributed by atoms with Crippen LogP contribution in [0.1, 0.15) is 5.56 Å². The molecular formula is C12H16N2O2. The van der Waals surface area contributed by atoms with Gasteiger partial charge in [0.1, 0.15) is 5.75 Å². The van der Waals surface area contributed by atoms with Crippen LogP contribution in [0.2, 0.25) is 0 Å². The predicted octanol–water partition coefficient (Wildman–Crippen LogP) is 1.31. The molecule has 16 heavy (non-hydrogen) atoms. The van der Waals surface area contributed by atoms with Gasteiger partial charge in [0, 0.05) is 24.0 Å². The van der Waals surface area contributed by atoms with Gasteiger partial charge in [0.05, 0.1) is 13.7 Å². The highest BCUT2D eigenvalue weighted by Crippen LogP contribution is 2.16. The molecule has 0 fully saturated rings. The molecular weight excluding hydrogens is 204 g/mol. The smallest absolute Gasteiger partial charge is 0.123 e. The van der Waals surface area contributed by atoms with Crippen LogP contribution in [-0.2, 0) is 6.54 Å². The fourth-order valence-corrected chi connectivity index (χ4v) is 1.33.